The van der Waals surface area contributed by atoms with Crippen LogP contribution in [0.3, 0.4) is 0 Å². The summed E-state index contributed by atoms with van der Waals surface area (Å²) in [5.41, 5.74) is 1.47. The molecule has 0 spiro atoms. The molecule has 4 rings (SSSR count). The molecule has 0 aliphatic carbocycles. The lowest BCUT2D eigenvalue weighted by Crippen LogP contribution is -2.27. The summed E-state index contributed by atoms with van der Waals surface area (Å²) in [5.74, 6) is -0.378. The number of carbonyl (C=O) groups excluding carboxylic acids is 3. The van der Waals surface area contributed by atoms with E-state index in [1.807, 2.05) is 30.3 Å². The number of benzene rings is 1. The highest BCUT2D eigenvalue weighted by Crippen LogP contribution is 2.29. The van der Waals surface area contributed by atoms with E-state index in [2.05, 4.69) is 9.84 Å². The number of furan rings is 1. The zero-order chi connectivity index (χ0) is 23.2. The van der Waals surface area contributed by atoms with Crippen molar-refractivity contribution in [3.05, 3.63) is 71.6 Å². The summed E-state index contributed by atoms with van der Waals surface area (Å²) in [6.45, 7) is 0.409. The first-order chi connectivity index (χ1) is 16.1. The van der Waals surface area contributed by atoms with Crippen molar-refractivity contribution in [3.63, 3.8) is 0 Å². The fourth-order valence-electron chi connectivity index (χ4n) is 3.23. The molecule has 0 saturated carbocycles. The van der Waals surface area contributed by atoms with E-state index in [9.17, 15) is 14.4 Å². The smallest absolute Gasteiger partial charge is 0.357 e. The molecular weight excluding hydrogens is 446 g/mol. The number of carbonyl (C=O) groups is 3. The Morgan fingerprint density at radius 3 is 2.76 bits per heavy atom. The number of methoxy groups -OCH3 is 1. The first kappa shape index (κ1) is 22.4. The van der Waals surface area contributed by atoms with Crippen LogP contribution in [0.4, 0.5) is 0 Å². The van der Waals surface area contributed by atoms with Gasteiger partial charge in [0, 0.05) is 12.6 Å². The summed E-state index contributed by atoms with van der Waals surface area (Å²) >= 11 is 1.27. The van der Waals surface area contributed by atoms with Crippen molar-refractivity contribution in [1.82, 2.24) is 14.7 Å². The summed E-state index contributed by atoms with van der Waals surface area (Å²) in [6, 6.07) is 14.4. The molecule has 3 heterocycles. The zero-order valence-corrected chi connectivity index (χ0v) is 18.6. The lowest BCUT2D eigenvalue weighted by atomic mass is 10.3. The molecule has 1 aliphatic rings. The van der Waals surface area contributed by atoms with Crippen molar-refractivity contribution in [3.8, 4) is 17.1 Å². The van der Waals surface area contributed by atoms with Crippen molar-refractivity contribution < 1.29 is 28.3 Å². The number of esters is 2. The standard InChI is InChI=1S/C23H21N3O6S/c1-30-22(28)14-21-25(20(27)15-33-21)10-6-12-32-23(29)18-13-17(19-9-5-11-31-19)24-26(18)16-7-3-2-4-8-16/h2-5,7-9,11,13-14H,6,10,12,15H2,1H3/b21-14+. The number of aromatic nitrogens is 2. The van der Waals surface area contributed by atoms with Gasteiger partial charge in [-0.2, -0.15) is 5.10 Å². The SMILES string of the molecule is COC(=O)/C=C1/SCC(=O)N1CCCOC(=O)c1cc(-c2ccco2)nn1-c1ccccc1. The second kappa shape index (κ2) is 10.2. The predicted molar refractivity (Wildman–Crippen MR) is 120 cm³/mol. The second-order valence-electron chi connectivity index (χ2n) is 6.97. The Hall–Kier alpha value is -3.79. The quantitative estimate of drug-likeness (QED) is 0.282. The highest BCUT2D eigenvalue weighted by molar-refractivity contribution is 8.04. The molecule has 33 heavy (non-hydrogen) atoms. The third kappa shape index (κ3) is 5.17. The highest BCUT2D eigenvalue weighted by atomic mass is 32.2. The molecule has 10 heteroatoms. The largest absolute Gasteiger partial charge is 0.466 e. The van der Waals surface area contributed by atoms with E-state index >= 15 is 0 Å². The summed E-state index contributed by atoms with van der Waals surface area (Å²) in [5, 5.41) is 5.04. The van der Waals surface area contributed by atoms with Crippen LogP contribution in [0.5, 0.6) is 0 Å². The van der Waals surface area contributed by atoms with Crippen molar-refractivity contribution in [1.29, 1.82) is 0 Å². The Balaban J connectivity index is 1.43. The first-order valence-corrected chi connectivity index (χ1v) is 11.1. The maximum Gasteiger partial charge on any atom is 0.357 e. The summed E-state index contributed by atoms with van der Waals surface area (Å²) in [4.78, 5) is 38.0. The average Bonchev–Trinajstić information content (AvgIpc) is 3.58. The molecular formula is C23H21N3O6S. The van der Waals surface area contributed by atoms with Crippen molar-refractivity contribution in [2.75, 3.05) is 26.0 Å². The third-order valence-corrected chi connectivity index (χ3v) is 5.83. The van der Waals surface area contributed by atoms with Crippen LogP contribution in [0.15, 0.2) is 70.3 Å². The average molecular weight is 468 g/mol. The van der Waals surface area contributed by atoms with Gasteiger partial charge < -0.3 is 18.8 Å². The van der Waals surface area contributed by atoms with Gasteiger partial charge in [-0.25, -0.2) is 14.3 Å². The summed E-state index contributed by atoms with van der Waals surface area (Å²) in [6.07, 6.45) is 3.23. The van der Waals surface area contributed by atoms with Crippen molar-refractivity contribution in [2.24, 2.45) is 0 Å². The van der Waals surface area contributed by atoms with E-state index in [-0.39, 0.29) is 24.0 Å². The number of hydrogen-bond donors (Lipinski definition) is 0. The van der Waals surface area contributed by atoms with Crippen LogP contribution in [0.2, 0.25) is 0 Å². The Bertz CT molecular complexity index is 1170. The van der Waals surface area contributed by atoms with Gasteiger partial charge in [0.25, 0.3) is 0 Å². The van der Waals surface area contributed by atoms with E-state index in [1.54, 1.807) is 18.2 Å². The second-order valence-corrected chi connectivity index (χ2v) is 7.96. The third-order valence-electron chi connectivity index (χ3n) is 4.81. The lowest BCUT2D eigenvalue weighted by Gasteiger charge is -2.16. The van der Waals surface area contributed by atoms with Crippen molar-refractivity contribution in [2.45, 2.75) is 6.42 Å². The normalized spacial score (nSPS) is 14.6. The molecule has 0 unspecified atom stereocenters. The fraction of sp³-hybridized carbons (Fsp3) is 0.217. The number of amides is 1. The minimum atomic E-state index is -0.545. The number of hydrogen-bond acceptors (Lipinski definition) is 8. The minimum absolute atomic E-state index is 0.0921. The van der Waals surface area contributed by atoms with Crippen LogP contribution in [-0.2, 0) is 19.1 Å². The Morgan fingerprint density at radius 1 is 1.21 bits per heavy atom. The van der Waals surface area contributed by atoms with Crippen LogP contribution >= 0.6 is 11.8 Å². The lowest BCUT2D eigenvalue weighted by molar-refractivity contribution is -0.134. The van der Waals surface area contributed by atoms with Gasteiger partial charge in [0.2, 0.25) is 5.91 Å². The fourth-order valence-corrected chi connectivity index (χ4v) is 4.18. The van der Waals surface area contributed by atoms with Crippen LogP contribution < -0.4 is 0 Å². The van der Waals surface area contributed by atoms with Crippen LogP contribution in [0.25, 0.3) is 17.1 Å². The number of nitrogens with zero attached hydrogens (tertiary/aromatic N) is 3. The van der Waals surface area contributed by atoms with E-state index in [1.165, 1.54) is 40.8 Å². The molecule has 170 valence electrons. The Morgan fingerprint density at radius 2 is 2.03 bits per heavy atom. The number of rotatable bonds is 8. The van der Waals surface area contributed by atoms with Crippen LogP contribution in [0.1, 0.15) is 16.9 Å². The topological polar surface area (TPSA) is 104 Å². The van der Waals surface area contributed by atoms with Gasteiger partial charge in [0.1, 0.15) is 5.69 Å². The van der Waals surface area contributed by atoms with E-state index in [0.717, 1.165) is 0 Å². The summed E-state index contributed by atoms with van der Waals surface area (Å²) in [7, 11) is 1.28. The van der Waals surface area contributed by atoms with Gasteiger partial charge in [-0.15, -0.1) is 0 Å². The van der Waals surface area contributed by atoms with Gasteiger partial charge >= 0.3 is 11.9 Å². The monoisotopic (exact) mass is 467 g/mol. The molecule has 9 nitrogen and oxygen atoms in total. The number of ether oxygens (including phenoxy) is 2. The van der Waals surface area contributed by atoms with Crippen molar-refractivity contribution >= 4 is 29.6 Å². The Labute approximate surface area is 193 Å². The molecule has 1 amide bonds. The molecule has 1 aliphatic heterocycles. The maximum atomic E-state index is 12.9. The van der Waals surface area contributed by atoms with Gasteiger partial charge in [-0.05, 0) is 30.7 Å². The zero-order valence-electron chi connectivity index (χ0n) is 17.8. The summed E-state index contributed by atoms with van der Waals surface area (Å²) < 4.78 is 17.0. The van der Waals surface area contributed by atoms with Gasteiger partial charge in [-0.1, -0.05) is 30.0 Å². The van der Waals surface area contributed by atoms with Gasteiger partial charge in [0.05, 0.1) is 42.5 Å². The van der Waals surface area contributed by atoms with Crippen LogP contribution in [0, 0.1) is 0 Å². The van der Waals surface area contributed by atoms with E-state index < -0.39 is 11.9 Å². The molecule has 0 N–H and O–H groups in total. The van der Waals surface area contributed by atoms with E-state index in [0.29, 0.717) is 35.1 Å². The molecule has 0 atom stereocenters. The molecule has 1 aromatic carbocycles. The predicted octanol–water partition coefficient (Wildman–Crippen LogP) is 3.27. The molecule has 1 saturated heterocycles. The van der Waals surface area contributed by atoms with E-state index in [4.69, 9.17) is 9.15 Å². The Kier molecular flexibility index (Phi) is 6.94. The molecule has 2 aromatic heterocycles. The first-order valence-electron chi connectivity index (χ1n) is 10.2. The minimum Gasteiger partial charge on any atom is -0.466 e. The number of thioether (sulfide) groups is 1. The maximum absolute atomic E-state index is 12.9. The number of para-hydroxylation sites is 1. The molecule has 0 bridgehead atoms. The van der Waals surface area contributed by atoms with Gasteiger partial charge in [0.15, 0.2) is 11.5 Å². The molecule has 0 radical (unpaired) electrons. The highest BCUT2D eigenvalue weighted by Gasteiger charge is 2.27. The van der Waals surface area contributed by atoms with Crippen LogP contribution in [-0.4, -0.2) is 58.5 Å². The van der Waals surface area contributed by atoms with Gasteiger partial charge in [-0.3, -0.25) is 4.79 Å². The molecule has 3 aromatic rings. The molecule has 1 fully saturated rings.